The Morgan fingerprint density at radius 2 is 1.58 bits per heavy atom. The van der Waals surface area contributed by atoms with Crippen LogP contribution in [-0.4, -0.2) is 104 Å². The second-order valence-electron chi connectivity index (χ2n) is 16.7. The van der Waals surface area contributed by atoms with Gasteiger partial charge in [-0.2, -0.15) is 0 Å². The van der Waals surface area contributed by atoms with Crippen molar-refractivity contribution in [1.82, 2.24) is 45.4 Å². The minimum Gasteiger partial charge on any atom is -0.453 e. The number of nitrogens with one attached hydrogen (secondary N) is 5. The van der Waals surface area contributed by atoms with Crippen molar-refractivity contribution < 1.29 is 29.0 Å². The van der Waals surface area contributed by atoms with E-state index in [1.807, 2.05) is 56.1 Å². The van der Waals surface area contributed by atoms with Crippen LogP contribution in [0, 0.1) is 18.8 Å². The van der Waals surface area contributed by atoms with Crippen LogP contribution in [0.25, 0.3) is 44.5 Å². The smallest absolute Gasteiger partial charge is 0.407 e. The van der Waals surface area contributed by atoms with Gasteiger partial charge >= 0.3 is 6.09 Å². The summed E-state index contributed by atoms with van der Waals surface area (Å²) >= 11 is 0. The van der Waals surface area contributed by atoms with Crippen molar-refractivity contribution in [3.8, 4) is 33.6 Å². The number of fused-ring (bicyclic) bond motifs is 1. The first-order valence-electron chi connectivity index (χ1n) is 20.5. The molecule has 3 amide bonds. The fourth-order valence-electron chi connectivity index (χ4n) is 8.79. The third kappa shape index (κ3) is 7.98. The maximum Gasteiger partial charge on any atom is 0.407 e. The van der Waals surface area contributed by atoms with Gasteiger partial charge in [0, 0.05) is 37.3 Å². The van der Waals surface area contributed by atoms with Crippen molar-refractivity contribution in [3.05, 3.63) is 72.2 Å². The molecule has 15 heteroatoms. The number of ether oxygens (including phenoxy) is 2. The topological polar surface area (TPSA) is 194 Å². The van der Waals surface area contributed by atoms with Crippen molar-refractivity contribution >= 4 is 28.8 Å². The van der Waals surface area contributed by atoms with Gasteiger partial charge in [0.1, 0.15) is 17.7 Å². The van der Waals surface area contributed by atoms with E-state index < -0.39 is 30.1 Å². The first-order valence-corrected chi connectivity index (χ1v) is 20.5. The number of aryl methyl sites for hydroxylation is 1. The average Bonchev–Trinajstić information content (AvgIpc) is 4.08. The van der Waals surface area contributed by atoms with Crippen LogP contribution in [0.4, 0.5) is 4.79 Å². The molecule has 0 bridgehead atoms. The number of amides is 3. The number of benzene rings is 2. The molecule has 5 atom stereocenters. The molecule has 3 aromatic heterocycles. The molecule has 2 aromatic carbocycles. The molecule has 59 heavy (non-hydrogen) atoms. The van der Waals surface area contributed by atoms with Crippen LogP contribution in [0.1, 0.15) is 83.6 Å². The Labute approximate surface area is 344 Å². The number of aromatic nitrogens is 5. The number of likely N-dealkylation sites (tertiary alicyclic amines) is 2. The number of carbonyl (C=O) groups excluding carboxylic acids is 3. The number of hydrogen-bond donors (Lipinski definition) is 6. The number of imidazole rings is 2. The minimum absolute atomic E-state index is 0.0729. The SMILES string of the molecule is COC(=O)NC(C(=O)N1CCCC1c1ncc(-c2ccc(-c3ccc(-c4cnc(C5(C)CCCN5C(=O)C(NC(O)OC)C(C)C)[nH]4)c4[nH]cc(C)c34)cc2)[nH]1)C(C)C. The Balaban J connectivity index is 1.11. The summed E-state index contributed by atoms with van der Waals surface area (Å²) in [4.78, 5) is 63.4. The van der Waals surface area contributed by atoms with Gasteiger partial charge in [-0.05, 0) is 73.6 Å². The molecule has 2 aliphatic rings. The minimum atomic E-state index is -1.25. The zero-order chi connectivity index (χ0) is 42.2. The zero-order valence-corrected chi connectivity index (χ0v) is 35.2. The third-order valence-corrected chi connectivity index (χ3v) is 12.1. The zero-order valence-electron chi connectivity index (χ0n) is 35.2. The molecule has 314 valence electrons. The average molecular weight is 808 g/mol. The molecule has 0 saturated carbocycles. The monoisotopic (exact) mass is 807 g/mol. The summed E-state index contributed by atoms with van der Waals surface area (Å²) in [6.45, 7) is 13.0. The summed E-state index contributed by atoms with van der Waals surface area (Å²) in [5, 5.41) is 16.9. The lowest BCUT2D eigenvalue weighted by molar-refractivity contribution is -0.147. The van der Waals surface area contributed by atoms with Crippen LogP contribution in [-0.2, 0) is 24.6 Å². The second-order valence-corrected chi connectivity index (χ2v) is 16.7. The Morgan fingerprint density at radius 1 is 0.881 bits per heavy atom. The molecule has 5 aromatic rings. The van der Waals surface area contributed by atoms with E-state index in [9.17, 15) is 19.5 Å². The van der Waals surface area contributed by atoms with Crippen molar-refractivity contribution in [2.75, 3.05) is 27.3 Å². The van der Waals surface area contributed by atoms with E-state index >= 15 is 0 Å². The van der Waals surface area contributed by atoms with E-state index in [1.165, 1.54) is 14.2 Å². The predicted molar refractivity (Wildman–Crippen MR) is 225 cm³/mol. The van der Waals surface area contributed by atoms with Crippen molar-refractivity contribution in [2.45, 2.75) is 97.3 Å². The van der Waals surface area contributed by atoms with Crippen LogP contribution in [0.2, 0.25) is 0 Å². The highest BCUT2D eigenvalue weighted by molar-refractivity contribution is 6.04. The van der Waals surface area contributed by atoms with Crippen LogP contribution < -0.4 is 10.6 Å². The fourth-order valence-corrected chi connectivity index (χ4v) is 8.79. The Bertz CT molecular complexity index is 2290. The van der Waals surface area contributed by atoms with E-state index in [0.717, 1.165) is 81.6 Å². The molecule has 0 aliphatic carbocycles. The van der Waals surface area contributed by atoms with Crippen LogP contribution in [0.3, 0.4) is 0 Å². The van der Waals surface area contributed by atoms with Crippen LogP contribution in [0.15, 0.2) is 55.0 Å². The number of rotatable bonds is 13. The largest absolute Gasteiger partial charge is 0.453 e. The fraction of sp³-hybridized carbons (Fsp3) is 0.477. The number of aliphatic hydroxyl groups is 1. The summed E-state index contributed by atoms with van der Waals surface area (Å²) in [5.74, 6) is 1.01. The highest BCUT2D eigenvalue weighted by Gasteiger charge is 2.46. The quantitative estimate of drug-likeness (QED) is 0.0737. The lowest BCUT2D eigenvalue weighted by atomic mass is 9.95. The van der Waals surface area contributed by atoms with Gasteiger partial charge in [-0.3, -0.25) is 14.9 Å². The second kappa shape index (κ2) is 17.0. The summed E-state index contributed by atoms with van der Waals surface area (Å²) in [5.41, 5.74) is 7.23. The van der Waals surface area contributed by atoms with Crippen molar-refractivity contribution in [3.63, 3.8) is 0 Å². The van der Waals surface area contributed by atoms with E-state index in [4.69, 9.17) is 19.4 Å². The predicted octanol–water partition coefficient (Wildman–Crippen LogP) is 6.34. The van der Waals surface area contributed by atoms with Gasteiger partial charge in [0.2, 0.25) is 18.2 Å². The van der Waals surface area contributed by atoms with Crippen LogP contribution >= 0.6 is 0 Å². The lowest BCUT2D eigenvalue weighted by Gasteiger charge is -2.37. The Morgan fingerprint density at radius 3 is 2.27 bits per heavy atom. The van der Waals surface area contributed by atoms with E-state index in [1.54, 1.807) is 0 Å². The van der Waals surface area contributed by atoms with E-state index in [0.29, 0.717) is 18.9 Å². The maximum absolute atomic E-state index is 13.9. The van der Waals surface area contributed by atoms with Gasteiger partial charge in [-0.15, -0.1) is 0 Å². The molecular weight excluding hydrogens is 751 g/mol. The number of nitrogens with zero attached hydrogens (tertiary/aromatic N) is 4. The number of aromatic amines is 3. The number of carbonyl (C=O) groups is 3. The number of methoxy groups -OCH3 is 2. The van der Waals surface area contributed by atoms with E-state index in [2.05, 4.69) is 75.8 Å². The van der Waals surface area contributed by atoms with Gasteiger partial charge in [-0.25, -0.2) is 14.8 Å². The Kier molecular flexibility index (Phi) is 12.0. The summed E-state index contributed by atoms with van der Waals surface area (Å²) in [7, 11) is 2.68. The molecule has 2 aliphatic heterocycles. The molecule has 0 radical (unpaired) electrons. The summed E-state index contributed by atoms with van der Waals surface area (Å²) in [6.07, 6.45) is 7.01. The van der Waals surface area contributed by atoms with Crippen molar-refractivity contribution in [1.29, 1.82) is 0 Å². The molecule has 5 heterocycles. The first-order chi connectivity index (χ1) is 28.2. The lowest BCUT2D eigenvalue weighted by Crippen LogP contribution is -2.56. The van der Waals surface area contributed by atoms with Gasteiger partial charge in [0.15, 0.2) is 0 Å². The number of alkyl carbamates (subject to hydrolysis) is 1. The standard InChI is InChI=1S/C44H57N9O6/c1-24(2)35(50-42(56)58-7)39(54)52-19-9-11-33(52)38-46-22-31(48-38)28-14-12-27(13-15-28)29-16-17-30(37-34(29)26(5)21-45-37)32-23-47-41(49-32)44(6)18-10-20-53(44)40(55)36(25(3)4)51-43(57)59-8/h12-17,21-25,33,35-36,43,45,51,57H,9-11,18-20H2,1-8H3,(H,46,48)(H,47,49)(H,50,56). The van der Waals surface area contributed by atoms with Gasteiger partial charge in [0.05, 0.1) is 54.0 Å². The number of aliphatic hydroxyl groups excluding tert-OH is 1. The van der Waals surface area contributed by atoms with Crippen LogP contribution in [0.5, 0.6) is 0 Å². The molecule has 7 rings (SSSR count). The summed E-state index contributed by atoms with van der Waals surface area (Å²) in [6, 6.07) is 11.1. The van der Waals surface area contributed by atoms with Gasteiger partial charge in [0.25, 0.3) is 0 Å². The van der Waals surface area contributed by atoms with Gasteiger partial charge in [-0.1, -0.05) is 64.1 Å². The van der Waals surface area contributed by atoms with E-state index in [-0.39, 0.29) is 29.7 Å². The molecule has 15 nitrogen and oxygen atoms in total. The van der Waals surface area contributed by atoms with Gasteiger partial charge < -0.3 is 44.6 Å². The summed E-state index contributed by atoms with van der Waals surface area (Å²) < 4.78 is 9.78. The molecule has 2 saturated heterocycles. The van der Waals surface area contributed by atoms with Crippen molar-refractivity contribution in [2.24, 2.45) is 11.8 Å². The Hall–Kier alpha value is -5.51. The third-order valence-electron chi connectivity index (χ3n) is 12.1. The molecular formula is C44H57N9O6. The highest BCUT2D eigenvalue weighted by atomic mass is 16.6. The maximum atomic E-state index is 13.9. The molecule has 5 unspecified atom stereocenters. The molecule has 2 fully saturated rings. The highest BCUT2D eigenvalue weighted by Crippen LogP contribution is 2.41. The molecule has 6 N–H and O–H groups in total. The number of hydrogen-bond acceptors (Lipinski definition) is 9. The number of H-pyrrole nitrogens is 3. The normalized spacial score (nSPS) is 19.8. The molecule has 0 spiro atoms. The first kappa shape index (κ1) is 41.6.